The SMILES string of the molecule is CNCCCN1CC(c2ccnc3ccc(OC)cc23)OC1=O. The van der Waals surface area contributed by atoms with E-state index in [9.17, 15) is 4.79 Å². The molecule has 1 aliphatic rings. The van der Waals surface area contributed by atoms with Crippen LogP contribution in [0.25, 0.3) is 10.9 Å². The number of hydrogen-bond acceptors (Lipinski definition) is 5. The Morgan fingerprint density at radius 1 is 1.43 bits per heavy atom. The molecular formula is C17H21N3O3. The zero-order chi connectivity index (χ0) is 16.2. The molecule has 0 aliphatic carbocycles. The molecule has 6 nitrogen and oxygen atoms in total. The van der Waals surface area contributed by atoms with E-state index in [1.54, 1.807) is 18.2 Å². The zero-order valence-electron chi connectivity index (χ0n) is 13.4. The van der Waals surface area contributed by atoms with Crippen LogP contribution in [0.4, 0.5) is 4.79 Å². The van der Waals surface area contributed by atoms with Crippen molar-refractivity contribution >= 4 is 17.0 Å². The predicted molar refractivity (Wildman–Crippen MR) is 87.6 cm³/mol. The summed E-state index contributed by atoms with van der Waals surface area (Å²) < 4.78 is 10.9. The van der Waals surface area contributed by atoms with Gasteiger partial charge >= 0.3 is 6.09 Å². The van der Waals surface area contributed by atoms with Crippen LogP contribution in [-0.2, 0) is 4.74 Å². The number of pyridine rings is 1. The quantitative estimate of drug-likeness (QED) is 0.829. The van der Waals surface area contributed by atoms with Gasteiger partial charge in [-0.05, 0) is 44.3 Å². The third-order valence-electron chi connectivity index (χ3n) is 4.07. The average Bonchev–Trinajstić information content (AvgIpc) is 2.95. The lowest BCUT2D eigenvalue weighted by Crippen LogP contribution is -2.27. The molecule has 1 unspecified atom stereocenters. The number of rotatable bonds is 6. The van der Waals surface area contributed by atoms with E-state index in [1.807, 2.05) is 31.3 Å². The van der Waals surface area contributed by atoms with Gasteiger partial charge in [0.15, 0.2) is 0 Å². The number of hydrogen-bond donors (Lipinski definition) is 1. The number of nitrogens with zero attached hydrogens (tertiary/aromatic N) is 2. The second-order valence-electron chi connectivity index (χ2n) is 5.56. The van der Waals surface area contributed by atoms with Crippen molar-refractivity contribution < 1.29 is 14.3 Å². The largest absolute Gasteiger partial charge is 0.497 e. The van der Waals surface area contributed by atoms with Crippen LogP contribution in [-0.4, -0.2) is 49.8 Å². The van der Waals surface area contributed by atoms with E-state index in [0.717, 1.165) is 35.2 Å². The summed E-state index contributed by atoms with van der Waals surface area (Å²) in [5.74, 6) is 0.766. The van der Waals surface area contributed by atoms with Crippen LogP contribution in [0.15, 0.2) is 30.5 Å². The minimum Gasteiger partial charge on any atom is -0.497 e. The lowest BCUT2D eigenvalue weighted by molar-refractivity contribution is 0.133. The molecule has 1 aromatic heterocycles. The van der Waals surface area contributed by atoms with E-state index in [-0.39, 0.29) is 12.2 Å². The van der Waals surface area contributed by atoms with Crippen molar-refractivity contribution in [2.45, 2.75) is 12.5 Å². The van der Waals surface area contributed by atoms with Gasteiger partial charge in [-0.3, -0.25) is 4.98 Å². The number of carbonyl (C=O) groups excluding carboxylic acids is 1. The highest BCUT2D eigenvalue weighted by Gasteiger charge is 2.32. The fourth-order valence-electron chi connectivity index (χ4n) is 2.85. The van der Waals surface area contributed by atoms with Crippen molar-refractivity contribution in [3.05, 3.63) is 36.0 Å². The molecule has 1 N–H and O–H groups in total. The summed E-state index contributed by atoms with van der Waals surface area (Å²) in [5.41, 5.74) is 1.84. The molecule has 0 saturated carbocycles. The molecule has 1 aliphatic heterocycles. The Hall–Kier alpha value is -2.34. The summed E-state index contributed by atoms with van der Waals surface area (Å²) in [6.45, 7) is 2.14. The number of fused-ring (bicyclic) bond motifs is 1. The fraction of sp³-hybridized carbons (Fsp3) is 0.412. The Bertz CT molecular complexity index is 705. The average molecular weight is 315 g/mol. The van der Waals surface area contributed by atoms with Gasteiger partial charge in [-0.2, -0.15) is 0 Å². The van der Waals surface area contributed by atoms with Crippen LogP contribution in [0, 0.1) is 0 Å². The van der Waals surface area contributed by atoms with Crippen molar-refractivity contribution in [2.24, 2.45) is 0 Å². The molecule has 122 valence electrons. The van der Waals surface area contributed by atoms with Crippen LogP contribution in [0.2, 0.25) is 0 Å². The zero-order valence-corrected chi connectivity index (χ0v) is 13.4. The van der Waals surface area contributed by atoms with Gasteiger partial charge in [0.05, 0.1) is 19.2 Å². The van der Waals surface area contributed by atoms with E-state index < -0.39 is 0 Å². The maximum atomic E-state index is 12.1. The molecule has 23 heavy (non-hydrogen) atoms. The highest BCUT2D eigenvalue weighted by atomic mass is 16.6. The van der Waals surface area contributed by atoms with Gasteiger partial charge < -0.3 is 19.7 Å². The normalized spacial score (nSPS) is 17.6. The second kappa shape index (κ2) is 6.83. The number of nitrogens with one attached hydrogen (secondary N) is 1. The topological polar surface area (TPSA) is 63.7 Å². The first-order chi connectivity index (χ1) is 11.2. The minimum atomic E-state index is -0.269. The molecule has 0 spiro atoms. The smallest absolute Gasteiger partial charge is 0.410 e. The van der Waals surface area contributed by atoms with Gasteiger partial charge in [-0.25, -0.2) is 4.79 Å². The van der Waals surface area contributed by atoms with Gasteiger partial charge in [0.25, 0.3) is 0 Å². The van der Waals surface area contributed by atoms with E-state index in [4.69, 9.17) is 9.47 Å². The maximum absolute atomic E-state index is 12.1. The number of aromatic nitrogens is 1. The summed E-state index contributed by atoms with van der Waals surface area (Å²) in [6, 6.07) is 7.65. The van der Waals surface area contributed by atoms with Gasteiger partial charge in [0, 0.05) is 23.7 Å². The van der Waals surface area contributed by atoms with Crippen molar-refractivity contribution in [3.63, 3.8) is 0 Å². The van der Waals surface area contributed by atoms with Crippen LogP contribution >= 0.6 is 0 Å². The highest BCUT2D eigenvalue weighted by Crippen LogP contribution is 2.32. The van der Waals surface area contributed by atoms with Crippen molar-refractivity contribution in [3.8, 4) is 5.75 Å². The van der Waals surface area contributed by atoms with Crippen molar-refractivity contribution in [1.29, 1.82) is 0 Å². The van der Waals surface area contributed by atoms with Crippen LogP contribution < -0.4 is 10.1 Å². The Morgan fingerprint density at radius 2 is 2.30 bits per heavy atom. The van der Waals surface area contributed by atoms with Gasteiger partial charge in [-0.1, -0.05) is 0 Å². The number of methoxy groups -OCH3 is 1. The van der Waals surface area contributed by atoms with Crippen molar-refractivity contribution in [1.82, 2.24) is 15.2 Å². The first-order valence-electron chi connectivity index (χ1n) is 7.75. The first kappa shape index (κ1) is 15.6. The summed E-state index contributed by atoms with van der Waals surface area (Å²) in [4.78, 5) is 18.2. The monoisotopic (exact) mass is 315 g/mol. The van der Waals surface area contributed by atoms with Gasteiger partial charge in [0.2, 0.25) is 0 Å². The summed E-state index contributed by atoms with van der Waals surface area (Å²) in [6.07, 6.45) is 2.14. The van der Waals surface area contributed by atoms with E-state index in [2.05, 4.69) is 10.3 Å². The second-order valence-corrected chi connectivity index (χ2v) is 5.56. The number of amides is 1. The molecule has 1 amide bonds. The molecular weight excluding hydrogens is 294 g/mol. The lowest BCUT2D eigenvalue weighted by Gasteiger charge is -2.13. The van der Waals surface area contributed by atoms with Crippen LogP contribution in [0.1, 0.15) is 18.1 Å². The summed E-state index contributed by atoms with van der Waals surface area (Å²) >= 11 is 0. The van der Waals surface area contributed by atoms with Crippen LogP contribution in [0.3, 0.4) is 0 Å². The summed E-state index contributed by atoms with van der Waals surface area (Å²) in [5, 5.41) is 4.05. The molecule has 1 saturated heterocycles. The summed E-state index contributed by atoms with van der Waals surface area (Å²) in [7, 11) is 3.54. The Balaban J connectivity index is 1.84. The number of benzene rings is 1. The van der Waals surface area contributed by atoms with Crippen molar-refractivity contribution in [2.75, 3.05) is 33.8 Å². The Labute approximate surface area is 135 Å². The van der Waals surface area contributed by atoms with E-state index >= 15 is 0 Å². The molecule has 0 radical (unpaired) electrons. The predicted octanol–water partition coefficient (Wildman–Crippen LogP) is 2.35. The fourth-order valence-corrected chi connectivity index (χ4v) is 2.85. The Kier molecular flexibility index (Phi) is 4.62. The number of carbonyl (C=O) groups is 1. The number of ether oxygens (including phenoxy) is 2. The van der Waals surface area contributed by atoms with E-state index in [1.165, 1.54) is 0 Å². The molecule has 0 bridgehead atoms. The highest BCUT2D eigenvalue weighted by molar-refractivity contribution is 5.84. The molecule has 1 fully saturated rings. The van der Waals surface area contributed by atoms with Crippen LogP contribution in [0.5, 0.6) is 5.75 Å². The minimum absolute atomic E-state index is 0.251. The molecule has 2 heterocycles. The standard InChI is InChI=1S/C17H21N3O3/c1-18-7-3-9-20-11-16(23-17(20)21)13-6-8-19-15-5-4-12(22-2)10-14(13)15/h4-6,8,10,16,18H,3,7,9,11H2,1-2H3. The molecule has 2 aromatic rings. The molecule has 1 atom stereocenters. The molecule has 1 aromatic carbocycles. The maximum Gasteiger partial charge on any atom is 0.410 e. The van der Waals surface area contributed by atoms with Gasteiger partial charge in [-0.15, -0.1) is 0 Å². The molecule has 6 heteroatoms. The number of cyclic esters (lactones) is 1. The molecule has 3 rings (SSSR count). The Morgan fingerprint density at radius 3 is 3.09 bits per heavy atom. The first-order valence-corrected chi connectivity index (χ1v) is 7.75. The third-order valence-corrected chi connectivity index (χ3v) is 4.07. The third kappa shape index (κ3) is 3.22. The lowest BCUT2D eigenvalue weighted by atomic mass is 10.0. The van der Waals surface area contributed by atoms with Gasteiger partial charge in [0.1, 0.15) is 11.9 Å². The van der Waals surface area contributed by atoms with E-state index in [0.29, 0.717) is 13.1 Å².